The maximum atomic E-state index is 11.3. The van der Waals surface area contributed by atoms with Crippen molar-refractivity contribution in [1.29, 1.82) is 0 Å². The van der Waals surface area contributed by atoms with Crippen LogP contribution in [0.25, 0.3) is 0 Å². The molecule has 0 heterocycles. The Balaban J connectivity index is 2.05. The Morgan fingerprint density at radius 1 is 1.11 bits per heavy atom. The minimum absolute atomic E-state index is 0.451. The van der Waals surface area contributed by atoms with E-state index >= 15 is 0 Å². The van der Waals surface area contributed by atoms with Crippen LogP contribution in [0.3, 0.4) is 0 Å². The van der Waals surface area contributed by atoms with Gasteiger partial charge in [0.05, 0.1) is 4.90 Å². The van der Waals surface area contributed by atoms with Crippen LogP contribution in [-0.2, 0) is 5.75 Å². The summed E-state index contributed by atoms with van der Waals surface area (Å²) in [6.07, 6.45) is -0.451. The van der Waals surface area contributed by atoms with Crippen LogP contribution < -0.4 is 10.1 Å². The second kappa shape index (κ2) is 6.85. The molecule has 0 aromatic heterocycles. The Morgan fingerprint density at radius 3 is 2.53 bits per heavy atom. The molecule has 2 aromatic rings. The lowest BCUT2D eigenvalue weighted by Gasteiger charge is -2.09. The van der Waals surface area contributed by atoms with Crippen molar-refractivity contribution in [3.8, 4) is 5.75 Å². The first-order valence-electron chi connectivity index (χ1n) is 5.95. The highest BCUT2D eigenvalue weighted by molar-refractivity contribution is 7.98. The molecule has 1 amide bonds. The number of para-hydroxylation sites is 1. The van der Waals surface area contributed by atoms with Gasteiger partial charge in [0.2, 0.25) is 0 Å². The molecule has 0 saturated heterocycles. The van der Waals surface area contributed by atoms with Gasteiger partial charge in [-0.25, -0.2) is 4.79 Å². The molecule has 0 bridgehead atoms. The first-order valence-corrected chi connectivity index (χ1v) is 6.93. The van der Waals surface area contributed by atoms with E-state index in [9.17, 15) is 4.79 Å². The molecule has 0 saturated carbocycles. The SMILES string of the molecule is CNC(=O)Oc1ccccc1SCc1ccccc1. The van der Waals surface area contributed by atoms with Crippen molar-refractivity contribution in [3.63, 3.8) is 0 Å². The number of nitrogens with one attached hydrogen (secondary N) is 1. The third-order valence-corrected chi connectivity index (χ3v) is 3.62. The van der Waals surface area contributed by atoms with Crippen LogP contribution in [0.2, 0.25) is 0 Å². The minimum Gasteiger partial charge on any atom is -0.409 e. The molecular formula is C15H15NO2S. The van der Waals surface area contributed by atoms with Crippen molar-refractivity contribution in [2.75, 3.05) is 7.05 Å². The van der Waals surface area contributed by atoms with Gasteiger partial charge in [-0.05, 0) is 17.7 Å². The predicted octanol–water partition coefficient (Wildman–Crippen LogP) is 3.70. The lowest BCUT2D eigenvalue weighted by Crippen LogP contribution is -2.22. The number of thioether (sulfide) groups is 1. The standard InChI is InChI=1S/C15H15NO2S/c1-16-15(17)18-13-9-5-6-10-14(13)19-11-12-7-3-2-4-8-12/h2-10H,11H2,1H3,(H,16,17). The van der Waals surface area contributed by atoms with Crippen molar-refractivity contribution in [2.24, 2.45) is 0 Å². The van der Waals surface area contributed by atoms with E-state index < -0.39 is 6.09 Å². The normalized spacial score (nSPS) is 9.95. The molecule has 0 aliphatic heterocycles. The van der Waals surface area contributed by atoms with Crippen molar-refractivity contribution in [2.45, 2.75) is 10.6 Å². The molecule has 2 rings (SSSR count). The van der Waals surface area contributed by atoms with E-state index in [2.05, 4.69) is 17.4 Å². The monoisotopic (exact) mass is 273 g/mol. The van der Waals surface area contributed by atoms with E-state index in [0.717, 1.165) is 10.6 Å². The van der Waals surface area contributed by atoms with E-state index in [1.54, 1.807) is 24.9 Å². The Labute approximate surface area is 117 Å². The Bertz CT molecular complexity index is 543. The second-order valence-electron chi connectivity index (χ2n) is 3.86. The second-order valence-corrected chi connectivity index (χ2v) is 4.88. The number of amides is 1. The van der Waals surface area contributed by atoms with E-state index in [-0.39, 0.29) is 0 Å². The minimum atomic E-state index is -0.451. The third-order valence-electron chi connectivity index (χ3n) is 2.49. The maximum absolute atomic E-state index is 11.3. The average molecular weight is 273 g/mol. The summed E-state index contributed by atoms with van der Waals surface area (Å²) in [6, 6.07) is 17.7. The number of hydrogen-bond acceptors (Lipinski definition) is 3. The number of rotatable bonds is 4. The highest BCUT2D eigenvalue weighted by Crippen LogP contribution is 2.31. The van der Waals surface area contributed by atoms with Crippen molar-refractivity contribution < 1.29 is 9.53 Å². The molecule has 19 heavy (non-hydrogen) atoms. The fraction of sp³-hybridized carbons (Fsp3) is 0.133. The highest BCUT2D eigenvalue weighted by atomic mass is 32.2. The van der Waals surface area contributed by atoms with Gasteiger partial charge in [-0.2, -0.15) is 0 Å². The molecule has 0 atom stereocenters. The summed E-state index contributed by atoms with van der Waals surface area (Å²) in [5.74, 6) is 1.43. The van der Waals surface area contributed by atoms with Crippen molar-refractivity contribution >= 4 is 17.9 Å². The molecule has 0 aliphatic carbocycles. The fourth-order valence-corrected chi connectivity index (χ4v) is 2.48. The number of benzene rings is 2. The topological polar surface area (TPSA) is 38.3 Å². The molecule has 0 unspecified atom stereocenters. The van der Waals surface area contributed by atoms with Crippen molar-refractivity contribution in [3.05, 3.63) is 60.2 Å². The molecular weight excluding hydrogens is 258 g/mol. The summed E-state index contributed by atoms with van der Waals surface area (Å²) in [4.78, 5) is 12.2. The van der Waals surface area contributed by atoms with E-state index in [1.807, 2.05) is 36.4 Å². The van der Waals surface area contributed by atoms with Gasteiger partial charge in [-0.15, -0.1) is 11.8 Å². The smallest absolute Gasteiger partial charge is 0.409 e. The summed E-state index contributed by atoms with van der Waals surface area (Å²) < 4.78 is 5.21. The summed E-state index contributed by atoms with van der Waals surface area (Å²) in [7, 11) is 1.54. The van der Waals surface area contributed by atoms with Gasteiger partial charge in [-0.3, -0.25) is 0 Å². The van der Waals surface area contributed by atoms with Crippen LogP contribution in [0.4, 0.5) is 4.79 Å². The van der Waals surface area contributed by atoms with Crippen molar-refractivity contribution in [1.82, 2.24) is 5.32 Å². The zero-order valence-corrected chi connectivity index (χ0v) is 11.4. The van der Waals surface area contributed by atoms with Gasteiger partial charge in [0.25, 0.3) is 0 Å². The van der Waals surface area contributed by atoms with Gasteiger partial charge in [0, 0.05) is 12.8 Å². The first-order chi connectivity index (χ1) is 9.29. The lowest BCUT2D eigenvalue weighted by atomic mass is 10.2. The summed E-state index contributed by atoms with van der Waals surface area (Å²) in [6.45, 7) is 0. The molecule has 2 aromatic carbocycles. The third kappa shape index (κ3) is 4.03. The van der Waals surface area contributed by atoms with Crippen LogP contribution in [0, 0.1) is 0 Å². The van der Waals surface area contributed by atoms with Gasteiger partial charge < -0.3 is 10.1 Å². The van der Waals surface area contributed by atoms with Crippen LogP contribution in [0.5, 0.6) is 5.75 Å². The number of ether oxygens (including phenoxy) is 1. The Morgan fingerprint density at radius 2 is 1.79 bits per heavy atom. The predicted molar refractivity (Wildman–Crippen MR) is 77.5 cm³/mol. The summed E-state index contributed by atoms with van der Waals surface area (Å²) in [5, 5.41) is 2.44. The van der Waals surface area contributed by atoms with E-state index in [4.69, 9.17) is 4.74 Å². The van der Waals surface area contributed by atoms with Gasteiger partial charge >= 0.3 is 6.09 Å². The van der Waals surface area contributed by atoms with E-state index in [0.29, 0.717) is 5.75 Å². The van der Waals surface area contributed by atoms with Gasteiger partial charge in [-0.1, -0.05) is 42.5 Å². The van der Waals surface area contributed by atoms with Crippen LogP contribution in [0.1, 0.15) is 5.56 Å². The quantitative estimate of drug-likeness (QED) is 0.863. The largest absolute Gasteiger partial charge is 0.412 e. The molecule has 4 heteroatoms. The Kier molecular flexibility index (Phi) is 4.86. The van der Waals surface area contributed by atoms with Crippen LogP contribution in [0.15, 0.2) is 59.5 Å². The van der Waals surface area contributed by atoms with E-state index in [1.165, 1.54) is 5.56 Å². The number of carbonyl (C=O) groups excluding carboxylic acids is 1. The lowest BCUT2D eigenvalue weighted by molar-refractivity contribution is 0.202. The average Bonchev–Trinajstić information content (AvgIpc) is 2.47. The first kappa shape index (κ1) is 13.5. The molecule has 1 N–H and O–H groups in total. The number of hydrogen-bond donors (Lipinski definition) is 1. The zero-order valence-electron chi connectivity index (χ0n) is 10.6. The summed E-state index contributed by atoms with van der Waals surface area (Å²) in [5.41, 5.74) is 1.24. The molecule has 98 valence electrons. The molecule has 3 nitrogen and oxygen atoms in total. The highest BCUT2D eigenvalue weighted by Gasteiger charge is 2.07. The zero-order chi connectivity index (χ0) is 13.5. The van der Waals surface area contributed by atoms with Crippen LogP contribution >= 0.6 is 11.8 Å². The number of carbonyl (C=O) groups is 1. The van der Waals surface area contributed by atoms with Crippen LogP contribution in [-0.4, -0.2) is 13.1 Å². The molecule has 0 fully saturated rings. The van der Waals surface area contributed by atoms with Gasteiger partial charge in [0.15, 0.2) is 0 Å². The fourth-order valence-electron chi connectivity index (χ4n) is 1.54. The van der Waals surface area contributed by atoms with Gasteiger partial charge in [0.1, 0.15) is 5.75 Å². The molecule has 0 radical (unpaired) electrons. The maximum Gasteiger partial charge on any atom is 0.412 e. The summed E-state index contributed by atoms with van der Waals surface area (Å²) >= 11 is 1.65. The molecule has 0 aliphatic rings. The Hall–Kier alpha value is -1.94. The molecule has 0 spiro atoms.